The van der Waals surface area contributed by atoms with E-state index >= 15 is 0 Å². The Labute approximate surface area is 172 Å². The average molecular weight is 392 g/mol. The molecule has 152 valence electrons. The zero-order valence-electron chi connectivity index (χ0n) is 17.2. The first-order valence-corrected chi connectivity index (χ1v) is 10.5. The van der Waals surface area contributed by atoms with Crippen molar-refractivity contribution in [3.63, 3.8) is 0 Å². The Morgan fingerprint density at radius 3 is 2.24 bits per heavy atom. The molecular formula is C24H29N3O2. The van der Waals surface area contributed by atoms with Crippen LogP contribution < -0.4 is 10.2 Å². The van der Waals surface area contributed by atoms with E-state index in [4.69, 9.17) is 0 Å². The fourth-order valence-electron chi connectivity index (χ4n) is 4.65. The molecule has 0 bridgehead atoms. The number of rotatable bonds is 5. The maximum absolute atomic E-state index is 13.1. The second-order valence-corrected chi connectivity index (χ2v) is 8.38. The van der Waals surface area contributed by atoms with Gasteiger partial charge in [-0.3, -0.25) is 9.59 Å². The summed E-state index contributed by atoms with van der Waals surface area (Å²) >= 11 is 0. The van der Waals surface area contributed by atoms with Crippen molar-refractivity contribution in [1.29, 1.82) is 0 Å². The molecule has 0 radical (unpaired) electrons. The molecule has 0 spiro atoms. The molecule has 5 nitrogen and oxygen atoms in total. The van der Waals surface area contributed by atoms with Crippen molar-refractivity contribution >= 4 is 17.5 Å². The van der Waals surface area contributed by atoms with Crippen molar-refractivity contribution in [2.75, 3.05) is 19.0 Å². The topological polar surface area (TPSA) is 52.7 Å². The van der Waals surface area contributed by atoms with Crippen LogP contribution >= 0.6 is 0 Å². The SMILES string of the molecule is CN(C)c1ccc(C(=O)NC2(N3C(=O)C[C@@H]3c3ccccc3)CCCCC2)cc1. The number of anilines is 1. The van der Waals surface area contributed by atoms with Crippen LogP contribution in [0.1, 0.15) is 60.5 Å². The van der Waals surface area contributed by atoms with Gasteiger partial charge in [0.15, 0.2) is 0 Å². The maximum atomic E-state index is 13.1. The van der Waals surface area contributed by atoms with Crippen LogP contribution in [0, 0.1) is 0 Å². The van der Waals surface area contributed by atoms with Gasteiger partial charge in [0, 0.05) is 25.3 Å². The first kappa shape index (κ1) is 19.5. The highest BCUT2D eigenvalue weighted by atomic mass is 16.2. The highest BCUT2D eigenvalue weighted by Crippen LogP contribution is 2.45. The predicted molar refractivity (Wildman–Crippen MR) is 115 cm³/mol. The van der Waals surface area contributed by atoms with Crippen molar-refractivity contribution < 1.29 is 9.59 Å². The van der Waals surface area contributed by atoms with E-state index in [0.717, 1.165) is 43.4 Å². The lowest BCUT2D eigenvalue weighted by atomic mass is 9.81. The number of amides is 2. The summed E-state index contributed by atoms with van der Waals surface area (Å²) in [5, 5.41) is 3.28. The van der Waals surface area contributed by atoms with E-state index in [1.54, 1.807) is 0 Å². The lowest BCUT2D eigenvalue weighted by Crippen LogP contribution is -2.68. The molecule has 0 aromatic heterocycles. The molecular weight excluding hydrogens is 362 g/mol. The minimum atomic E-state index is -0.592. The second-order valence-electron chi connectivity index (χ2n) is 8.38. The van der Waals surface area contributed by atoms with Crippen molar-refractivity contribution in [3.05, 3.63) is 65.7 Å². The molecule has 1 N–H and O–H groups in total. The quantitative estimate of drug-likeness (QED) is 0.780. The number of benzene rings is 2. The van der Waals surface area contributed by atoms with Gasteiger partial charge in [-0.2, -0.15) is 0 Å². The number of β-lactam (4-membered cyclic amide) rings is 1. The van der Waals surface area contributed by atoms with Gasteiger partial charge in [-0.25, -0.2) is 0 Å². The van der Waals surface area contributed by atoms with Gasteiger partial charge in [0.25, 0.3) is 5.91 Å². The summed E-state index contributed by atoms with van der Waals surface area (Å²) in [6, 6.07) is 17.8. The number of nitrogens with zero attached hydrogens (tertiary/aromatic N) is 2. The third-order valence-corrected chi connectivity index (χ3v) is 6.27. The summed E-state index contributed by atoms with van der Waals surface area (Å²) in [4.78, 5) is 29.8. The first-order chi connectivity index (χ1) is 14.0. The van der Waals surface area contributed by atoms with E-state index in [2.05, 4.69) is 17.4 Å². The molecule has 4 rings (SSSR count). The fourth-order valence-corrected chi connectivity index (χ4v) is 4.65. The monoisotopic (exact) mass is 391 g/mol. The van der Waals surface area contributed by atoms with E-state index in [-0.39, 0.29) is 17.9 Å². The van der Waals surface area contributed by atoms with Crippen LogP contribution in [-0.4, -0.2) is 36.5 Å². The summed E-state index contributed by atoms with van der Waals surface area (Å²) in [7, 11) is 3.95. The van der Waals surface area contributed by atoms with Gasteiger partial charge in [-0.05, 0) is 55.5 Å². The summed E-state index contributed by atoms with van der Waals surface area (Å²) in [5.74, 6) is 0.0210. The maximum Gasteiger partial charge on any atom is 0.253 e. The highest BCUT2D eigenvalue weighted by Gasteiger charge is 2.51. The summed E-state index contributed by atoms with van der Waals surface area (Å²) in [5.41, 5.74) is 2.23. The van der Waals surface area contributed by atoms with E-state index < -0.39 is 5.66 Å². The Balaban J connectivity index is 1.59. The molecule has 2 aromatic rings. The standard InChI is InChI=1S/C24H29N3O2/c1-26(2)20-13-11-19(12-14-20)23(29)25-24(15-7-4-8-16-24)27-21(17-22(27)28)18-9-5-3-6-10-18/h3,5-6,9-14,21H,4,7-8,15-17H2,1-2H3,(H,25,29)/t21-/m1/s1. The summed E-state index contributed by atoms with van der Waals surface area (Å²) < 4.78 is 0. The highest BCUT2D eigenvalue weighted by molar-refractivity contribution is 5.95. The van der Waals surface area contributed by atoms with Crippen LogP contribution in [0.25, 0.3) is 0 Å². The van der Waals surface area contributed by atoms with Crippen molar-refractivity contribution in [2.45, 2.75) is 50.2 Å². The average Bonchev–Trinajstić information content (AvgIpc) is 2.73. The second kappa shape index (κ2) is 7.90. The van der Waals surface area contributed by atoms with E-state index in [0.29, 0.717) is 12.0 Å². The minimum absolute atomic E-state index is 0.0400. The molecule has 5 heteroatoms. The molecule has 1 heterocycles. The van der Waals surface area contributed by atoms with Crippen LogP contribution in [0.2, 0.25) is 0 Å². The third-order valence-electron chi connectivity index (χ3n) is 6.27. The van der Waals surface area contributed by atoms with Crippen LogP contribution in [0.3, 0.4) is 0 Å². The molecule has 1 aliphatic carbocycles. The van der Waals surface area contributed by atoms with Gasteiger partial charge in [-0.1, -0.05) is 36.8 Å². The number of hydrogen-bond acceptors (Lipinski definition) is 3. The zero-order chi connectivity index (χ0) is 20.4. The Morgan fingerprint density at radius 1 is 1.00 bits per heavy atom. The Bertz CT molecular complexity index is 871. The van der Waals surface area contributed by atoms with Crippen molar-refractivity contribution in [3.8, 4) is 0 Å². The lowest BCUT2D eigenvalue weighted by molar-refractivity contribution is -0.162. The zero-order valence-corrected chi connectivity index (χ0v) is 17.2. The number of carbonyl (C=O) groups excluding carboxylic acids is 2. The van der Waals surface area contributed by atoms with Crippen LogP contribution in [-0.2, 0) is 4.79 Å². The molecule has 1 saturated carbocycles. The van der Waals surface area contributed by atoms with E-state index in [9.17, 15) is 9.59 Å². The lowest BCUT2D eigenvalue weighted by Gasteiger charge is -2.55. The van der Waals surface area contributed by atoms with Gasteiger partial charge in [0.05, 0.1) is 12.5 Å². The van der Waals surface area contributed by atoms with Crippen LogP contribution in [0.15, 0.2) is 54.6 Å². The van der Waals surface area contributed by atoms with Gasteiger partial charge in [-0.15, -0.1) is 0 Å². The number of likely N-dealkylation sites (tertiary alicyclic amines) is 1. The third kappa shape index (κ3) is 3.74. The van der Waals surface area contributed by atoms with Crippen molar-refractivity contribution in [1.82, 2.24) is 10.2 Å². The number of carbonyl (C=O) groups is 2. The minimum Gasteiger partial charge on any atom is -0.378 e. The number of hydrogen-bond donors (Lipinski definition) is 1. The van der Waals surface area contributed by atoms with Gasteiger partial charge < -0.3 is 15.1 Å². The first-order valence-electron chi connectivity index (χ1n) is 10.5. The normalized spacial score (nSPS) is 20.7. The smallest absolute Gasteiger partial charge is 0.253 e. The molecule has 29 heavy (non-hydrogen) atoms. The van der Waals surface area contributed by atoms with Gasteiger partial charge >= 0.3 is 0 Å². The van der Waals surface area contributed by atoms with Crippen molar-refractivity contribution in [2.24, 2.45) is 0 Å². The van der Waals surface area contributed by atoms with Crippen LogP contribution in [0.5, 0.6) is 0 Å². The molecule has 0 unspecified atom stereocenters. The summed E-state index contributed by atoms with van der Waals surface area (Å²) in [6.07, 6.45) is 5.32. The van der Waals surface area contributed by atoms with Gasteiger partial charge in [0.2, 0.25) is 5.91 Å². The van der Waals surface area contributed by atoms with Gasteiger partial charge in [0.1, 0.15) is 5.66 Å². The molecule has 1 atom stereocenters. The molecule has 1 aliphatic heterocycles. The molecule has 1 saturated heterocycles. The number of nitrogens with one attached hydrogen (secondary N) is 1. The predicted octanol–water partition coefficient (Wildman–Crippen LogP) is 4.12. The molecule has 2 aromatic carbocycles. The molecule has 2 fully saturated rings. The Kier molecular flexibility index (Phi) is 5.31. The molecule has 2 amide bonds. The molecule has 2 aliphatic rings. The van der Waals surface area contributed by atoms with E-state index in [1.165, 1.54) is 0 Å². The Morgan fingerprint density at radius 2 is 1.66 bits per heavy atom. The van der Waals surface area contributed by atoms with E-state index in [1.807, 2.05) is 66.4 Å². The summed E-state index contributed by atoms with van der Waals surface area (Å²) in [6.45, 7) is 0. The fraction of sp³-hybridized carbons (Fsp3) is 0.417. The largest absolute Gasteiger partial charge is 0.378 e. The Hall–Kier alpha value is -2.82. The van der Waals surface area contributed by atoms with Crippen LogP contribution in [0.4, 0.5) is 5.69 Å².